The highest BCUT2D eigenvalue weighted by atomic mass is 79.9. The zero-order valence-electron chi connectivity index (χ0n) is 13.0. The summed E-state index contributed by atoms with van der Waals surface area (Å²) >= 11 is 3.33. The first-order chi connectivity index (χ1) is 11.7. The monoisotopic (exact) mass is 446 g/mol. The van der Waals surface area contributed by atoms with E-state index in [2.05, 4.69) is 15.9 Å². The van der Waals surface area contributed by atoms with Crippen LogP contribution < -0.4 is 14.2 Å². The fraction of sp³-hybridized carbons (Fsp3) is 0.0667. The van der Waals surface area contributed by atoms with Gasteiger partial charge in [0, 0.05) is 16.2 Å². The smallest absolute Gasteiger partial charge is 0.240 e. The van der Waals surface area contributed by atoms with E-state index >= 15 is 0 Å². The lowest BCUT2D eigenvalue weighted by Crippen LogP contribution is -2.20. The van der Waals surface area contributed by atoms with E-state index in [0.29, 0.717) is 11.3 Å². The summed E-state index contributed by atoms with van der Waals surface area (Å²) in [5.74, 6) is 0.528. The minimum Gasteiger partial charge on any atom is -0.496 e. The van der Waals surface area contributed by atoms with E-state index in [-0.39, 0.29) is 10.6 Å². The van der Waals surface area contributed by atoms with E-state index in [1.165, 1.54) is 43.7 Å². The van der Waals surface area contributed by atoms with Crippen molar-refractivity contribution in [3.8, 4) is 5.75 Å². The molecule has 0 spiro atoms. The normalized spacial score (nSPS) is 11.8. The Morgan fingerprint density at radius 2 is 1.88 bits per heavy atom. The summed E-state index contributed by atoms with van der Waals surface area (Å²) in [5, 5.41) is 5.17. The minimum atomic E-state index is -4.09. The van der Waals surface area contributed by atoms with E-state index in [9.17, 15) is 16.8 Å². The number of hydrogen-bond acceptors (Lipinski definition) is 5. The molecule has 0 aromatic heterocycles. The van der Waals surface area contributed by atoms with Gasteiger partial charge in [-0.15, -0.1) is 0 Å². The Balaban J connectivity index is 2.54. The molecule has 0 fully saturated rings. The Hall–Kier alpha value is -1.88. The number of nitrogens with zero attached hydrogens (tertiary/aromatic N) is 1. The average molecular weight is 447 g/mol. The van der Waals surface area contributed by atoms with Gasteiger partial charge in [-0.25, -0.2) is 26.3 Å². The maximum absolute atomic E-state index is 11.7. The van der Waals surface area contributed by atoms with Gasteiger partial charge in [-0.2, -0.15) is 0 Å². The number of halogens is 1. The number of primary sulfonamides is 1. The number of ether oxygens (including phenoxy) is 1. The topological polar surface area (TPSA) is 107 Å². The molecule has 25 heavy (non-hydrogen) atoms. The van der Waals surface area contributed by atoms with Crippen LogP contribution in [0, 0.1) is 0 Å². The lowest BCUT2D eigenvalue weighted by Gasteiger charge is -2.16. The second kappa shape index (κ2) is 8.00. The average Bonchev–Trinajstić information content (AvgIpc) is 2.54. The second-order valence-electron chi connectivity index (χ2n) is 4.80. The number of sulfonamides is 1. The molecule has 134 valence electrons. The van der Waals surface area contributed by atoms with Gasteiger partial charge in [0.25, 0.3) is 0 Å². The fourth-order valence-electron chi connectivity index (χ4n) is 2.10. The maximum atomic E-state index is 11.7. The first kappa shape index (κ1) is 19.4. The lowest BCUT2D eigenvalue weighted by atomic mass is 10.2. The molecule has 0 aliphatic heterocycles. The van der Waals surface area contributed by atoms with Crippen molar-refractivity contribution in [1.29, 1.82) is 0 Å². The molecule has 0 radical (unpaired) electrons. The van der Waals surface area contributed by atoms with Crippen LogP contribution in [0.15, 0.2) is 58.0 Å². The number of nitrogens with two attached hydrogens (primary N) is 1. The Morgan fingerprint density at radius 1 is 1.20 bits per heavy atom. The van der Waals surface area contributed by atoms with Crippen molar-refractivity contribution >= 4 is 48.6 Å². The van der Waals surface area contributed by atoms with Gasteiger partial charge < -0.3 is 4.74 Å². The predicted molar refractivity (Wildman–Crippen MR) is 100 cm³/mol. The molecule has 0 atom stereocenters. The summed E-state index contributed by atoms with van der Waals surface area (Å²) in [5.41, 5.74) is 0.540. The van der Waals surface area contributed by atoms with Gasteiger partial charge in [-0.05, 0) is 36.4 Å². The molecule has 0 saturated carbocycles. The summed E-state index contributed by atoms with van der Waals surface area (Å²) in [7, 11) is -5.75. The Bertz CT molecular complexity index is 979. The molecular formula is C15H15BrN2O5S2. The third-order valence-electron chi connectivity index (χ3n) is 3.18. The van der Waals surface area contributed by atoms with Crippen molar-refractivity contribution in [2.75, 3.05) is 11.4 Å². The van der Waals surface area contributed by atoms with Crippen molar-refractivity contribution in [2.45, 2.75) is 4.90 Å². The highest BCUT2D eigenvalue weighted by Crippen LogP contribution is 2.27. The quantitative estimate of drug-likeness (QED) is 0.660. The van der Waals surface area contributed by atoms with Gasteiger partial charge in [0.05, 0.1) is 12.8 Å². The van der Waals surface area contributed by atoms with Crippen molar-refractivity contribution < 1.29 is 21.6 Å². The first-order valence-electron chi connectivity index (χ1n) is 6.81. The Morgan fingerprint density at radius 3 is 2.48 bits per heavy atom. The summed E-state index contributed by atoms with van der Waals surface area (Å²) < 4.78 is 53.5. The molecule has 2 aromatic carbocycles. The summed E-state index contributed by atoms with van der Waals surface area (Å²) in [6.07, 6.45) is 2.73. The van der Waals surface area contributed by atoms with Crippen LogP contribution in [0.5, 0.6) is 5.75 Å². The molecule has 0 amide bonds. The number of hydrogen-bond donors (Lipinski definition) is 2. The van der Waals surface area contributed by atoms with Gasteiger partial charge in [0.15, 0.2) is 0 Å². The Labute approximate surface area is 156 Å². The Kier molecular flexibility index (Phi) is 6.22. The van der Waals surface area contributed by atoms with Crippen LogP contribution in [0.4, 0.5) is 5.69 Å². The largest absolute Gasteiger partial charge is 0.496 e. The van der Waals surface area contributed by atoms with Gasteiger partial charge in [-0.1, -0.05) is 28.1 Å². The standard InChI is InChI=1S/C15H15BrN2O5S2/c1-23-14-7-6-12(16)10-11(14)8-9-18(24(19)20)13-4-2-3-5-15(13)25(17,21)22/h2-10,24H,1H3,(H2,17,21,22). The zero-order valence-corrected chi connectivity index (χ0v) is 16.3. The maximum Gasteiger partial charge on any atom is 0.240 e. The van der Waals surface area contributed by atoms with E-state index < -0.39 is 20.9 Å². The van der Waals surface area contributed by atoms with Gasteiger partial charge >= 0.3 is 0 Å². The molecule has 0 aliphatic rings. The summed E-state index contributed by atoms with van der Waals surface area (Å²) in [6.45, 7) is 0. The van der Waals surface area contributed by atoms with Crippen LogP contribution in [-0.4, -0.2) is 23.9 Å². The molecule has 0 saturated heterocycles. The molecule has 2 rings (SSSR count). The molecule has 0 aliphatic carbocycles. The van der Waals surface area contributed by atoms with E-state index in [0.717, 1.165) is 8.78 Å². The molecule has 0 heterocycles. The van der Waals surface area contributed by atoms with Gasteiger partial charge in [-0.3, -0.25) is 0 Å². The van der Waals surface area contributed by atoms with Crippen molar-refractivity contribution in [2.24, 2.45) is 5.14 Å². The zero-order chi connectivity index (χ0) is 18.6. The van der Waals surface area contributed by atoms with Gasteiger partial charge in [0.1, 0.15) is 10.6 Å². The third-order valence-corrected chi connectivity index (χ3v) is 5.33. The van der Waals surface area contributed by atoms with Crippen LogP contribution in [-0.2, 0) is 20.9 Å². The number of rotatable bonds is 6. The van der Waals surface area contributed by atoms with Crippen LogP contribution >= 0.6 is 15.9 Å². The van der Waals surface area contributed by atoms with Gasteiger partial charge in [0.2, 0.25) is 20.9 Å². The molecule has 0 bridgehead atoms. The van der Waals surface area contributed by atoms with E-state index in [1.54, 1.807) is 18.2 Å². The van der Waals surface area contributed by atoms with Crippen LogP contribution in [0.1, 0.15) is 5.56 Å². The number of methoxy groups -OCH3 is 1. The minimum absolute atomic E-state index is 0.0636. The number of anilines is 1. The van der Waals surface area contributed by atoms with Crippen molar-refractivity contribution in [1.82, 2.24) is 0 Å². The van der Waals surface area contributed by atoms with E-state index in [1.807, 2.05) is 0 Å². The van der Waals surface area contributed by atoms with Crippen LogP contribution in [0.3, 0.4) is 0 Å². The van der Waals surface area contributed by atoms with E-state index in [4.69, 9.17) is 9.88 Å². The van der Waals surface area contributed by atoms with Crippen molar-refractivity contribution in [3.05, 3.63) is 58.7 Å². The summed E-state index contributed by atoms with van der Waals surface area (Å²) in [6, 6.07) is 10.8. The highest BCUT2D eigenvalue weighted by Gasteiger charge is 2.18. The molecule has 7 nitrogen and oxygen atoms in total. The van der Waals surface area contributed by atoms with Crippen LogP contribution in [0.2, 0.25) is 0 Å². The second-order valence-corrected chi connectivity index (χ2v) is 8.15. The van der Waals surface area contributed by atoms with Crippen LogP contribution in [0.25, 0.3) is 6.08 Å². The molecule has 0 unspecified atom stereocenters. The fourth-order valence-corrected chi connectivity index (χ4v) is 3.79. The number of benzene rings is 2. The number of thiol groups is 1. The lowest BCUT2D eigenvalue weighted by molar-refractivity contribution is 0.414. The molecule has 2 N–H and O–H groups in total. The highest BCUT2D eigenvalue weighted by molar-refractivity contribution is 9.10. The molecular weight excluding hydrogens is 432 g/mol. The number of para-hydroxylation sites is 1. The predicted octanol–water partition coefficient (Wildman–Crippen LogP) is 2.11. The molecule has 10 heteroatoms. The summed E-state index contributed by atoms with van der Waals surface area (Å²) in [4.78, 5) is -0.292. The SMILES string of the molecule is COc1ccc(Br)cc1C=CN(c1ccccc1S(N)(=O)=O)[SH](=O)=O. The first-order valence-corrected chi connectivity index (χ1v) is 10.3. The third kappa shape index (κ3) is 4.82. The molecule has 2 aromatic rings. The van der Waals surface area contributed by atoms with Crippen molar-refractivity contribution in [3.63, 3.8) is 0 Å².